The molecule has 0 bridgehead atoms. The number of carboxylic acid groups (broad SMARTS) is 1. The molecule has 0 aliphatic rings. The first-order valence-corrected chi connectivity index (χ1v) is 20.0. The summed E-state index contributed by atoms with van der Waals surface area (Å²) in [5.41, 5.74) is -2.14. The van der Waals surface area contributed by atoms with E-state index in [2.05, 4.69) is 20.4 Å². The number of ether oxygens (including phenoxy) is 1. The molecule has 0 radical (unpaired) electrons. The summed E-state index contributed by atoms with van der Waals surface area (Å²) in [6.45, 7) is -2.29. The Balaban J connectivity index is 1.56. The molecule has 0 aliphatic heterocycles. The van der Waals surface area contributed by atoms with E-state index in [-0.39, 0.29) is 38.3 Å². The first kappa shape index (κ1) is 42.5. The Morgan fingerprint density at radius 3 is 2.26 bits per heavy atom. The van der Waals surface area contributed by atoms with Crippen molar-refractivity contribution in [3.63, 3.8) is 0 Å². The number of rotatable bonds is 12. The van der Waals surface area contributed by atoms with Crippen LogP contribution in [0.15, 0.2) is 95.8 Å². The highest BCUT2D eigenvalue weighted by atomic mass is 35.5. The zero-order chi connectivity index (χ0) is 44.0. The van der Waals surface area contributed by atoms with Crippen molar-refractivity contribution in [2.75, 3.05) is 17.7 Å². The molecule has 316 valence electrons. The molecule has 0 saturated carbocycles. The number of nitrogens with one attached hydrogen (secondary N) is 1. The van der Waals surface area contributed by atoms with Crippen molar-refractivity contribution in [1.29, 1.82) is 0 Å². The highest BCUT2D eigenvalue weighted by Gasteiger charge is 2.35. The third-order valence-electron chi connectivity index (χ3n) is 9.37. The quantitative estimate of drug-likeness (QED) is 0.116. The lowest BCUT2D eigenvalue weighted by Crippen LogP contribution is -2.35. The van der Waals surface area contributed by atoms with E-state index in [4.69, 9.17) is 16.3 Å². The van der Waals surface area contributed by atoms with Gasteiger partial charge in [-0.3, -0.25) is 14.0 Å². The number of methoxy groups -OCH3 is 1. The van der Waals surface area contributed by atoms with Gasteiger partial charge in [-0.15, -0.1) is 0 Å². The van der Waals surface area contributed by atoms with Crippen molar-refractivity contribution in [2.45, 2.75) is 31.7 Å². The van der Waals surface area contributed by atoms with Gasteiger partial charge in [0.1, 0.15) is 35.6 Å². The van der Waals surface area contributed by atoms with E-state index < -0.39 is 93.7 Å². The van der Waals surface area contributed by atoms with Gasteiger partial charge in [0.25, 0.3) is 5.56 Å². The topological polar surface area (TPSA) is 162 Å². The monoisotopic (exact) mass is 885 g/mol. The van der Waals surface area contributed by atoms with Gasteiger partial charge in [-0.25, -0.2) is 40.7 Å². The number of sulfonamides is 1. The summed E-state index contributed by atoms with van der Waals surface area (Å²) in [6.07, 6.45) is -6.49. The Bertz CT molecular complexity index is 3000. The Kier molecular flexibility index (Phi) is 11.4. The van der Waals surface area contributed by atoms with Gasteiger partial charge in [0.05, 0.1) is 58.6 Å². The van der Waals surface area contributed by atoms with Gasteiger partial charge in [0.2, 0.25) is 10.0 Å². The number of benzene rings is 4. The molecule has 7 aromatic rings. The maximum Gasteiger partial charge on any atom is 0.408 e. The number of hydrogen-bond donors (Lipinski definition) is 2. The molecule has 4 aromatic carbocycles. The average Bonchev–Trinajstić information content (AvgIpc) is 3.54. The Hall–Kier alpha value is -6.67. The molecule has 13 nitrogen and oxygen atoms in total. The first-order chi connectivity index (χ1) is 28.8. The van der Waals surface area contributed by atoms with Crippen LogP contribution in [-0.4, -0.2) is 63.5 Å². The fourth-order valence-corrected chi connectivity index (χ4v) is 7.88. The maximum atomic E-state index is 14.9. The normalized spacial score (nSPS) is 12.5. The molecule has 0 aliphatic carbocycles. The second-order valence-electron chi connectivity index (χ2n) is 13.6. The van der Waals surface area contributed by atoms with Gasteiger partial charge >= 0.3 is 12.3 Å². The molecule has 1 atom stereocenters. The molecule has 3 aromatic heterocycles. The van der Waals surface area contributed by atoms with Crippen molar-refractivity contribution in [3.8, 4) is 22.7 Å². The van der Waals surface area contributed by atoms with E-state index in [1.165, 1.54) is 61.7 Å². The lowest BCUT2D eigenvalue weighted by Gasteiger charge is -2.23. The number of anilines is 1. The van der Waals surface area contributed by atoms with Crippen LogP contribution in [0.1, 0.15) is 23.0 Å². The van der Waals surface area contributed by atoms with Crippen molar-refractivity contribution >= 4 is 55.5 Å². The molecule has 0 fully saturated rings. The number of nitrogens with zero attached hydrogens (tertiary/aromatic N) is 6. The van der Waals surface area contributed by atoms with Crippen LogP contribution in [-0.2, 0) is 29.5 Å². The van der Waals surface area contributed by atoms with E-state index in [9.17, 15) is 49.5 Å². The summed E-state index contributed by atoms with van der Waals surface area (Å²) >= 11 is 6.70. The van der Waals surface area contributed by atoms with Gasteiger partial charge < -0.3 is 15.2 Å². The maximum absolute atomic E-state index is 14.9. The lowest BCUT2D eigenvalue weighted by atomic mass is 10.0. The van der Waals surface area contributed by atoms with Gasteiger partial charge in [0, 0.05) is 18.1 Å². The number of hydrogen-bond acceptors (Lipinski definition) is 8. The third-order valence-corrected chi connectivity index (χ3v) is 10.8. The predicted octanol–water partition coefficient (Wildman–Crippen LogP) is 7.96. The third kappa shape index (κ3) is 8.95. The van der Waals surface area contributed by atoms with Crippen LogP contribution in [0.3, 0.4) is 0 Å². The van der Waals surface area contributed by atoms with Crippen LogP contribution in [0.4, 0.5) is 37.0 Å². The minimum absolute atomic E-state index is 0.000405. The molecule has 2 N–H and O–H groups in total. The summed E-state index contributed by atoms with van der Waals surface area (Å²) in [5, 5.41) is 15.4. The van der Waals surface area contributed by atoms with Crippen LogP contribution in [0.2, 0.25) is 5.02 Å². The van der Waals surface area contributed by atoms with E-state index in [0.717, 1.165) is 45.5 Å². The number of aromatic nitrogens is 5. The zero-order valence-electron chi connectivity index (χ0n) is 31.6. The average molecular weight is 886 g/mol. The fraction of sp³-hybridized carbons (Fsp3) is 0.175. The largest absolute Gasteiger partial charge is 0.497 e. The predicted molar refractivity (Wildman–Crippen MR) is 213 cm³/mol. The Morgan fingerprint density at radius 2 is 1.64 bits per heavy atom. The van der Waals surface area contributed by atoms with Gasteiger partial charge in [-0.1, -0.05) is 35.9 Å². The van der Waals surface area contributed by atoms with Crippen LogP contribution in [0.5, 0.6) is 5.75 Å². The van der Waals surface area contributed by atoms with Crippen LogP contribution >= 0.6 is 11.6 Å². The lowest BCUT2D eigenvalue weighted by molar-refractivity contribution is -0.141. The highest BCUT2D eigenvalue weighted by molar-refractivity contribution is 7.92. The van der Waals surface area contributed by atoms with Crippen LogP contribution < -0.4 is 19.9 Å². The van der Waals surface area contributed by atoms with E-state index in [1.54, 1.807) is 0 Å². The molecule has 3 heterocycles. The van der Waals surface area contributed by atoms with E-state index in [1.807, 2.05) is 0 Å². The molecule has 61 heavy (non-hydrogen) atoms. The van der Waals surface area contributed by atoms with E-state index in [0.29, 0.717) is 22.1 Å². The minimum Gasteiger partial charge on any atom is -0.497 e. The zero-order valence-corrected chi connectivity index (χ0v) is 33.2. The molecule has 0 unspecified atom stereocenters. The Labute approximate surface area is 346 Å². The van der Waals surface area contributed by atoms with Gasteiger partial charge in [0.15, 0.2) is 11.5 Å². The number of alkyl halides is 3. The smallest absolute Gasteiger partial charge is 0.408 e. The molecular weight excluding hydrogens is 856 g/mol. The Morgan fingerprint density at radius 1 is 0.951 bits per heavy atom. The van der Waals surface area contributed by atoms with Gasteiger partial charge in [-0.05, 0) is 71.8 Å². The summed E-state index contributed by atoms with van der Waals surface area (Å²) in [7, 11) is -2.94. The number of pyridine rings is 1. The number of amides is 1. The summed E-state index contributed by atoms with van der Waals surface area (Å²) in [4.78, 5) is 36.1. The number of carbonyl (C=O) groups is 1. The van der Waals surface area contributed by atoms with Crippen LogP contribution in [0, 0.1) is 17.5 Å². The molecule has 0 spiro atoms. The molecular formula is C40H30ClF6N7O6S. The van der Waals surface area contributed by atoms with Crippen molar-refractivity contribution < 1.29 is 49.4 Å². The first-order valence-electron chi connectivity index (χ1n) is 17.8. The van der Waals surface area contributed by atoms with Crippen LogP contribution in [0.25, 0.3) is 38.9 Å². The summed E-state index contributed by atoms with van der Waals surface area (Å²) in [6, 6.07) is 17.1. The van der Waals surface area contributed by atoms with Crippen molar-refractivity contribution in [3.05, 3.63) is 141 Å². The molecule has 1 amide bonds. The minimum atomic E-state index is -5.00. The second kappa shape index (κ2) is 16.4. The number of halogens is 7. The number of fused-ring (bicyclic) bond motifs is 2. The fourth-order valence-electron chi connectivity index (χ4n) is 6.82. The highest BCUT2D eigenvalue weighted by Crippen LogP contribution is 2.40. The second-order valence-corrected chi connectivity index (χ2v) is 16.0. The standard InChI is InChI=1S/C40H30ClF6N7O6S/c1-60-25-9-7-21(8-10-25)19-53(61(2,58)59)37-33-28(41)12-14-32(34(33)52(51-37)20-40(45,46)47)54-36(31(49-39(56)57)17-22-15-23(42)18-24(43)16-22)50-35-27(38(54)55)11-13-30(48-35)26-5-3-4-6-29(26)44/h3-16,18,31,49H,17,19-20H2,1-2H3,(H,56,57)/t31-/m0/s1. The summed E-state index contributed by atoms with van der Waals surface area (Å²) < 4.78 is 121. The molecule has 7 rings (SSSR count). The SMILES string of the molecule is COc1ccc(CN(c2nn(CC(F)(F)F)c3c(-n4c([C@H](Cc5cc(F)cc(F)c5)NC(=O)O)nc5nc(-c6ccccc6F)ccc5c4=O)ccc(Cl)c23)S(C)(=O)=O)cc1. The summed E-state index contributed by atoms with van der Waals surface area (Å²) in [5.74, 6) is -3.42. The van der Waals surface area contributed by atoms with Crippen molar-refractivity contribution in [1.82, 2.24) is 29.6 Å². The van der Waals surface area contributed by atoms with Crippen molar-refractivity contribution in [2.24, 2.45) is 0 Å². The van der Waals surface area contributed by atoms with Gasteiger partial charge in [-0.2, -0.15) is 18.3 Å². The molecule has 0 saturated heterocycles. The van der Waals surface area contributed by atoms with E-state index >= 15 is 0 Å². The molecule has 21 heteroatoms.